The maximum absolute atomic E-state index is 5.77. The number of nitrogens with two attached hydrogens (primary N) is 1. The van der Waals surface area contributed by atoms with E-state index in [4.69, 9.17) is 5.73 Å². The van der Waals surface area contributed by atoms with Crippen molar-refractivity contribution in [2.24, 2.45) is 17.6 Å². The zero-order chi connectivity index (χ0) is 6.15. The van der Waals surface area contributed by atoms with E-state index in [-0.39, 0.29) is 0 Å². The minimum atomic E-state index is 0.491. The highest BCUT2D eigenvalue weighted by Gasteiger charge is 2.24. The van der Waals surface area contributed by atoms with Crippen LogP contribution in [0.3, 0.4) is 0 Å². The first-order chi connectivity index (χ1) is 3.70. The Morgan fingerprint density at radius 3 is 2.00 bits per heavy atom. The fourth-order valence-corrected chi connectivity index (χ4v) is 1.60. The third-order valence-corrected chi connectivity index (χ3v) is 2.18. The molecule has 1 aliphatic carbocycles. The Balaban J connectivity index is 2.39. The van der Waals surface area contributed by atoms with Gasteiger partial charge >= 0.3 is 0 Å². The molecular weight excluding hydrogens is 98.1 g/mol. The van der Waals surface area contributed by atoms with Gasteiger partial charge in [0.25, 0.3) is 0 Å². The number of rotatable bonds is 0. The second-order valence-electron chi connectivity index (χ2n) is 3.22. The number of hydrogen-bond acceptors (Lipinski definition) is 1. The van der Waals surface area contributed by atoms with Crippen molar-refractivity contribution in [3.05, 3.63) is 0 Å². The molecule has 3 atom stereocenters. The van der Waals surface area contributed by atoms with Gasteiger partial charge in [0.15, 0.2) is 0 Å². The molecule has 1 nitrogen and oxygen atoms in total. The third-order valence-electron chi connectivity index (χ3n) is 2.18. The number of hydrogen-bond donors (Lipinski definition) is 1. The molecule has 0 aliphatic heterocycles. The van der Waals surface area contributed by atoms with Crippen molar-refractivity contribution < 1.29 is 0 Å². The Kier molecular flexibility index (Phi) is 1.57. The van der Waals surface area contributed by atoms with Crippen LogP contribution in [-0.2, 0) is 0 Å². The van der Waals surface area contributed by atoms with E-state index in [0.29, 0.717) is 6.04 Å². The van der Waals surface area contributed by atoms with Gasteiger partial charge in [0.1, 0.15) is 0 Å². The smallest absolute Gasteiger partial charge is 0.00671 e. The minimum Gasteiger partial charge on any atom is -0.327 e. The molecule has 1 unspecified atom stereocenters. The molecule has 1 rings (SSSR count). The van der Waals surface area contributed by atoms with Crippen LogP contribution in [0, 0.1) is 11.8 Å². The molecule has 0 heterocycles. The summed E-state index contributed by atoms with van der Waals surface area (Å²) in [5.74, 6) is 1.64. The van der Waals surface area contributed by atoms with Gasteiger partial charge in [-0.3, -0.25) is 0 Å². The van der Waals surface area contributed by atoms with E-state index in [1.807, 2.05) is 0 Å². The van der Waals surface area contributed by atoms with Crippen LogP contribution in [0.5, 0.6) is 0 Å². The lowest BCUT2D eigenvalue weighted by molar-refractivity contribution is 0.522. The van der Waals surface area contributed by atoms with Crippen molar-refractivity contribution in [1.29, 1.82) is 0 Å². The van der Waals surface area contributed by atoms with Gasteiger partial charge in [0.05, 0.1) is 0 Å². The van der Waals surface area contributed by atoms with E-state index in [2.05, 4.69) is 13.8 Å². The molecule has 8 heavy (non-hydrogen) atoms. The van der Waals surface area contributed by atoms with Crippen LogP contribution < -0.4 is 5.73 Å². The van der Waals surface area contributed by atoms with Crippen molar-refractivity contribution in [2.45, 2.75) is 32.7 Å². The van der Waals surface area contributed by atoms with E-state index >= 15 is 0 Å². The van der Waals surface area contributed by atoms with Crippen molar-refractivity contribution in [3.8, 4) is 0 Å². The summed E-state index contributed by atoms with van der Waals surface area (Å²) in [6.07, 6.45) is 2.57. The van der Waals surface area contributed by atoms with Crippen LogP contribution >= 0.6 is 0 Å². The van der Waals surface area contributed by atoms with Crippen molar-refractivity contribution >= 4 is 0 Å². The lowest BCUT2D eigenvalue weighted by atomic mass is 10.1. The molecule has 0 amide bonds. The monoisotopic (exact) mass is 113 g/mol. The van der Waals surface area contributed by atoms with Crippen molar-refractivity contribution in [3.63, 3.8) is 0 Å². The standard InChI is InChI=1S/C7H15N/c1-5-3-6(2)7(8)4-5/h5-7H,3-4,8H2,1-2H3/t5-,6?,7+/m1/s1. The van der Waals surface area contributed by atoms with Crippen molar-refractivity contribution in [2.75, 3.05) is 0 Å². The van der Waals surface area contributed by atoms with Crippen LogP contribution in [0.2, 0.25) is 0 Å². The van der Waals surface area contributed by atoms with Crippen LogP contribution in [0.1, 0.15) is 26.7 Å². The van der Waals surface area contributed by atoms with Gasteiger partial charge in [0, 0.05) is 6.04 Å². The Bertz CT molecular complexity index is 70.5. The molecule has 1 aliphatic rings. The maximum Gasteiger partial charge on any atom is 0.00671 e. The van der Waals surface area contributed by atoms with E-state index in [9.17, 15) is 0 Å². The Morgan fingerprint density at radius 1 is 1.25 bits per heavy atom. The van der Waals surface area contributed by atoms with E-state index < -0.39 is 0 Å². The summed E-state index contributed by atoms with van der Waals surface area (Å²) in [7, 11) is 0. The predicted molar refractivity (Wildman–Crippen MR) is 35.5 cm³/mol. The summed E-state index contributed by atoms with van der Waals surface area (Å²) < 4.78 is 0. The molecule has 1 fully saturated rings. The molecule has 0 bridgehead atoms. The maximum atomic E-state index is 5.77. The zero-order valence-electron chi connectivity index (χ0n) is 5.72. The molecule has 0 saturated heterocycles. The topological polar surface area (TPSA) is 26.0 Å². The lowest BCUT2D eigenvalue weighted by Gasteiger charge is -2.05. The van der Waals surface area contributed by atoms with Gasteiger partial charge in [-0.15, -0.1) is 0 Å². The SMILES string of the molecule is CC1C[C@@H](C)C[C@@H]1N. The Labute approximate surface area is 51.3 Å². The highest BCUT2D eigenvalue weighted by Crippen LogP contribution is 2.28. The predicted octanol–water partition coefficient (Wildman–Crippen LogP) is 1.38. The molecule has 0 aromatic rings. The molecule has 0 aromatic heterocycles. The van der Waals surface area contributed by atoms with E-state index in [1.165, 1.54) is 12.8 Å². The van der Waals surface area contributed by atoms with Gasteiger partial charge < -0.3 is 5.73 Å². The largest absolute Gasteiger partial charge is 0.327 e. The quantitative estimate of drug-likeness (QED) is 0.504. The first kappa shape index (κ1) is 6.09. The lowest BCUT2D eigenvalue weighted by Crippen LogP contribution is -2.21. The molecule has 0 radical (unpaired) electrons. The highest BCUT2D eigenvalue weighted by molar-refractivity contribution is 4.80. The molecule has 1 saturated carbocycles. The second kappa shape index (κ2) is 2.06. The normalized spacial score (nSPS) is 47.6. The molecule has 1 heteroatoms. The van der Waals surface area contributed by atoms with Gasteiger partial charge in [-0.2, -0.15) is 0 Å². The second-order valence-corrected chi connectivity index (χ2v) is 3.22. The van der Waals surface area contributed by atoms with Crippen LogP contribution in [0.15, 0.2) is 0 Å². The summed E-state index contributed by atoms with van der Waals surface area (Å²) in [4.78, 5) is 0. The minimum absolute atomic E-state index is 0.491. The first-order valence-corrected chi connectivity index (χ1v) is 3.45. The van der Waals surface area contributed by atoms with Crippen LogP contribution in [-0.4, -0.2) is 6.04 Å². The Morgan fingerprint density at radius 2 is 1.88 bits per heavy atom. The third kappa shape index (κ3) is 1.03. The van der Waals surface area contributed by atoms with Gasteiger partial charge in [-0.1, -0.05) is 13.8 Å². The summed E-state index contributed by atoms with van der Waals surface area (Å²) in [6, 6.07) is 0.491. The van der Waals surface area contributed by atoms with Gasteiger partial charge in [0.2, 0.25) is 0 Å². The fourth-order valence-electron chi connectivity index (χ4n) is 1.60. The first-order valence-electron chi connectivity index (χ1n) is 3.45. The van der Waals surface area contributed by atoms with E-state index in [1.54, 1.807) is 0 Å². The van der Waals surface area contributed by atoms with E-state index in [0.717, 1.165) is 11.8 Å². The van der Waals surface area contributed by atoms with Crippen LogP contribution in [0.25, 0.3) is 0 Å². The van der Waals surface area contributed by atoms with Gasteiger partial charge in [-0.05, 0) is 24.7 Å². The molecule has 0 spiro atoms. The summed E-state index contributed by atoms with van der Waals surface area (Å²) >= 11 is 0. The summed E-state index contributed by atoms with van der Waals surface area (Å²) in [5.41, 5.74) is 5.77. The fraction of sp³-hybridized carbons (Fsp3) is 1.00. The average Bonchev–Trinajstić information content (AvgIpc) is 1.85. The average molecular weight is 113 g/mol. The molecule has 2 N–H and O–H groups in total. The zero-order valence-corrected chi connectivity index (χ0v) is 5.72. The Hall–Kier alpha value is -0.0400. The van der Waals surface area contributed by atoms with Crippen molar-refractivity contribution in [1.82, 2.24) is 0 Å². The van der Waals surface area contributed by atoms with Crippen LogP contribution in [0.4, 0.5) is 0 Å². The highest BCUT2D eigenvalue weighted by atomic mass is 14.7. The molecule has 48 valence electrons. The summed E-state index contributed by atoms with van der Waals surface area (Å²) in [6.45, 7) is 4.53. The summed E-state index contributed by atoms with van der Waals surface area (Å²) in [5, 5.41) is 0. The molecular formula is C7H15N. The molecule has 0 aromatic carbocycles. The van der Waals surface area contributed by atoms with Gasteiger partial charge in [-0.25, -0.2) is 0 Å².